The zero-order valence-corrected chi connectivity index (χ0v) is 17.7. The SMILES string of the molecule is Cc1nc(Nc2ccc(NC(=O)CCc3cccc(Cl)c3)cc2)cc(-n2cccn2)n1. The van der Waals surface area contributed by atoms with Crippen molar-refractivity contribution < 1.29 is 4.79 Å². The molecule has 0 saturated carbocycles. The molecule has 2 N–H and O–H groups in total. The number of nitrogens with zero attached hydrogens (tertiary/aromatic N) is 4. The lowest BCUT2D eigenvalue weighted by Gasteiger charge is -2.10. The van der Waals surface area contributed by atoms with Gasteiger partial charge < -0.3 is 10.6 Å². The number of hydrogen-bond acceptors (Lipinski definition) is 5. The molecule has 0 aliphatic heterocycles. The monoisotopic (exact) mass is 432 g/mol. The predicted octanol–water partition coefficient (Wildman–Crippen LogP) is 4.94. The van der Waals surface area contributed by atoms with Crippen LogP contribution in [0.25, 0.3) is 5.82 Å². The Kier molecular flexibility index (Phi) is 6.24. The molecule has 8 heteroatoms. The molecule has 1 amide bonds. The van der Waals surface area contributed by atoms with Crippen LogP contribution in [0.5, 0.6) is 0 Å². The van der Waals surface area contributed by atoms with Crippen molar-refractivity contribution in [2.75, 3.05) is 10.6 Å². The lowest BCUT2D eigenvalue weighted by molar-refractivity contribution is -0.116. The third-order valence-electron chi connectivity index (χ3n) is 4.53. The number of amides is 1. The van der Waals surface area contributed by atoms with Crippen molar-refractivity contribution in [1.82, 2.24) is 19.7 Å². The van der Waals surface area contributed by atoms with Crippen molar-refractivity contribution in [3.05, 3.63) is 89.5 Å². The van der Waals surface area contributed by atoms with Gasteiger partial charge in [0.1, 0.15) is 11.6 Å². The number of aromatic nitrogens is 4. The van der Waals surface area contributed by atoms with Crippen molar-refractivity contribution in [2.24, 2.45) is 0 Å². The number of rotatable bonds is 7. The number of benzene rings is 2. The molecule has 31 heavy (non-hydrogen) atoms. The minimum absolute atomic E-state index is 0.0454. The first-order valence-electron chi connectivity index (χ1n) is 9.82. The maximum Gasteiger partial charge on any atom is 0.224 e. The number of carbonyl (C=O) groups excluding carboxylic acids is 1. The van der Waals surface area contributed by atoms with Crippen LogP contribution in [0, 0.1) is 6.92 Å². The van der Waals surface area contributed by atoms with Crippen LogP contribution in [0.4, 0.5) is 17.2 Å². The van der Waals surface area contributed by atoms with E-state index in [1.807, 2.05) is 73.8 Å². The zero-order chi connectivity index (χ0) is 21.6. The fourth-order valence-electron chi connectivity index (χ4n) is 3.10. The fraction of sp³-hybridized carbons (Fsp3) is 0.130. The van der Waals surface area contributed by atoms with Crippen molar-refractivity contribution in [2.45, 2.75) is 19.8 Å². The van der Waals surface area contributed by atoms with Crippen LogP contribution in [0.3, 0.4) is 0 Å². The summed E-state index contributed by atoms with van der Waals surface area (Å²) in [5.41, 5.74) is 2.62. The van der Waals surface area contributed by atoms with Gasteiger partial charge in [0.15, 0.2) is 5.82 Å². The molecule has 0 saturated heterocycles. The van der Waals surface area contributed by atoms with E-state index < -0.39 is 0 Å². The molecule has 0 aliphatic carbocycles. The summed E-state index contributed by atoms with van der Waals surface area (Å²) in [4.78, 5) is 21.1. The van der Waals surface area contributed by atoms with Crippen molar-refractivity contribution in [3.63, 3.8) is 0 Å². The number of aryl methyl sites for hydroxylation is 2. The number of nitrogens with one attached hydrogen (secondary N) is 2. The molecule has 0 atom stereocenters. The maximum absolute atomic E-state index is 12.2. The minimum Gasteiger partial charge on any atom is -0.340 e. The first-order chi connectivity index (χ1) is 15.0. The van der Waals surface area contributed by atoms with Gasteiger partial charge in [0.2, 0.25) is 5.91 Å². The molecule has 0 bridgehead atoms. The Morgan fingerprint density at radius 3 is 2.58 bits per heavy atom. The molecular formula is C23H21ClN6O. The van der Waals surface area contributed by atoms with Gasteiger partial charge in [0.25, 0.3) is 0 Å². The van der Waals surface area contributed by atoms with E-state index in [0.717, 1.165) is 16.9 Å². The molecule has 7 nitrogen and oxygen atoms in total. The van der Waals surface area contributed by atoms with E-state index in [-0.39, 0.29) is 5.91 Å². The third kappa shape index (κ3) is 5.67. The van der Waals surface area contributed by atoms with E-state index in [1.54, 1.807) is 10.9 Å². The molecule has 4 rings (SSSR count). The van der Waals surface area contributed by atoms with Crippen LogP contribution in [0.15, 0.2) is 73.1 Å². The van der Waals surface area contributed by atoms with Gasteiger partial charge in [-0.05, 0) is 61.4 Å². The van der Waals surface area contributed by atoms with Gasteiger partial charge >= 0.3 is 0 Å². The molecule has 156 valence electrons. The highest BCUT2D eigenvalue weighted by atomic mass is 35.5. The molecule has 2 aromatic heterocycles. The summed E-state index contributed by atoms with van der Waals surface area (Å²) in [7, 11) is 0. The first kappa shape index (κ1) is 20.6. The van der Waals surface area contributed by atoms with Gasteiger partial charge in [-0.2, -0.15) is 5.10 Å². The summed E-state index contributed by atoms with van der Waals surface area (Å²) < 4.78 is 1.68. The number of anilines is 3. The molecular weight excluding hydrogens is 412 g/mol. The highest BCUT2D eigenvalue weighted by Gasteiger charge is 2.06. The Bertz CT molecular complexity index is 1180. The molecule has 0 spiro atoms. The van der Waals surface area contributed by atoms with Gasteiger partial charge in [-0.25, -0.2) is 14.6 Å². The second-order valence-electron chi connectivity index (χ2n) is 6.99. The quantitative estimate of drug-likeness (QED) is 0.432. The molecule has 0 aliphatic rings. The van der Waals surface area contributed by atoms with Gasteiger partial charge in [-0.15, -0.1) is 0 Å². The lowest BCUT2D eigenvalue weighted by atomic mass is 10.1. The van der Waals surface area contributed by atoms with Crippen LogP contribution in [-0.2, 0) is 11.2 Å². The van der Waals surface area contributed by atoms with E-state index in [2.05, 4.69) is 25.7 Å². The topological polar surface area (TPSA) is 84.7 Å². The van der Waals surface area contributed by atoms with E-state index in [1.165, 1.54) is 0 Å². The smallest absolute Gasteiger partial charge is 0.224 e. The molecule has 0 fully saturated rings. The van der Waals surface area contributed by atoms with Crippen molar-refractivity contribution >= 4 is 34.7 Å². The van der Waals surface area contributed by atoms with Gasteiger partial charge in [0.05, 0.1) is 0 Å². The minimum atomic E-state index is -0.0454. The van der Waals surface area contributed by atoms with Crippen molar-refractivity contribution in [3.8, 4) is 5.82 Å². The van der Waals surface area contributed by atoms with Crippen LogP contribution < -0.4 is 10.6 Å². The molecule has 0 unspecified atom stereocenters. The highest BCUT2D eigenvalue weighted by Crippen LogP contribution is 2.20. The Hall–Kier alpha value is -3.71. The van der Waals surface area contributed by atoms with E-state index in [4.69, 9.17) is 11.6 Å². The molecule has 2 heterocycles. The van der Waals surface area contributed by atoms with E-state index in [0.29, 0.717) is 35.3 Å². The number of hydrogen-bond donors (Lipinski definition) is 2. The van der Waals surface area contributed by atoms with Gasteiger partial charge in [0, 0.05) is 41.3 Å². The second-order valence-corrected chi connectivity index (χ2v) is 7.43. The maximum atomic E-state index is 12.2. The molecule has 4 aromatic rings. The van der Waals surface area contributed by atoms with Crippen LogP contribution in [-0.4, -0.2) is 25.7 Å². The summed E-state index contributed by atoms with van der Waals surface area (Å²) in [6, 6.07) is 18.7. The van der Waals surface area contributed by atoms with Crippen LogP contribution in [0.1, 0.15) is 17.8 Å². The van der Waals surface area contributed by atoms with Crippen molar-refractivity contribution in [1.29, 1.82) is 0 Å². The van der Waals surface area contributed by atoms with Gasteiger partial charge in [-0.1, -0.05) is 23.7 Å². The summed E-state index contributed by atoms with van der Waals surface area (Å²) in [5.74, 6) is 1.94. The standard InChI is InChI=1S/C23H21ClN6O/c1-16-26-21(15-22(27-16)30-13-3-12-25-30)28-19-7-9-20(10-8-19)29-23(31)11-6-17-4-2-5-18(24)14-17/h2-5,7-10,12-15H,6,11H2,1H3,(H,29,31)(H,26,27,28). The Morgan fingerprint density at radius 1 is 1.03 bits per heavy atom. The normalized spacial score (nSPS) is 10.6. The summed E-state index contributed by atoms with van der Waals surface area (Å²) in [6.07, 6.45) is 4.55. The highest BCUT2D eigenvalue weighted by molar-refractivity contribution is 6.30. The third-order valence-corrected chi connectivity index (χ3v) is 4.77. The van der Waals surface area contributed by atoms with Gasteiger partial charge in [-0.3, -0.25) is 4.79 Å². The fourth-order valence-corrected chi connectivity index (χ4v) is 3.31. The van der Waals surface area contributed by atoms with E-state index in [9.17, 15) is 4.79 Å². The molecule has 2 aromatic carbocycles. The molecule has 0 radical (unpaired) electrons. The predicted molar refractivity (Wildman–Crippen MR) is 122 cm³/mol. The average Bonchev–Trinajstić information content (AvgIpc) is 3.28. The Morgan fingerprint density at radius 2 is 1.84 bits per heavy atom. The zero-order valence-electron chi connectivity index (χ0n) is 16.9. The number of carbonyl (C=O) groups is 1. The first-order valence-corrected chi connectivity index (χ1v) is 10.2. The number of halogens is 1. The lowest BCUT2D eigenvalue weighted by Crippen LogP contribution is -2.12. The average molecular weight is 433 g/mol. The van der Waals surface area contributed by atoms with Crippen LogP contribution >= 0.6 is 11.6 Å². The summed E-state index contributed by atoms with van der Waals surface area (Å²) in [6.45, 7) is 1.83. The largest absolute Gasteiger partial charge is 0.340 e. The van der Waals surface area contributed by atoms with E-state index >= 15 is 0 Å². The second kappa shape index (κ2) is 9.40. The Balaban J connectivity index is 1.36. The summed E-state index contributed by atoms with van der Waals surface area (Å²) >= 11 is 5.99. The Labute approximate surface area is 185 Å². The summed E-state index contributed by atoms with van der Waals surface area (Å²) in [5, 5.41) is 11.1. The van der Waals surface area contributed by atoms with Crippen LogP contribution in [0.2, 0.25) is 5.02 Å².